The van der Waals surface area contributed by atoms with Crippen molar-refractivity contribution in [2.45, 2.75) is 27.7 Å². The van der Waals surface area contributed by atoms with E-state index in [1.807, 2.05) is 0 Å². The number of hydrogen-bond donors (Lipinski definition) is 1. The average molecular weight is 268 g/mol. The predicted molar refractivity (Wildman–Crippen MR) is 72.3 cm³/mol. The van der Waals surface area contributed by atoms with Gasteiger partial charge in [-0.2, -0.15) is 4.98 Å². The van der Waals surface area contributed by atoms with Crippen molar-refractivity contribution in [3.8, 4) is 5.88 Å². The van der Waals surface area contributed by atoms with Gasteiger partial charge in [0.1, 0.15) is 6.33 Å². The molecule has 0 radical (unpaired) electrons. The van der Waals surface area contributed by atoms with Gasteiger partial charge in [0, 0.05) is 6.54 Å². The molecule has 1 aromatic heterocycles. The summed E-state index contributed by atoms with van der Waals surface area (Å²) in [7, 11) is 1.34. The molecule has 1 aromatic rings. The Morgan fingerprint density at radius 1 is 1.47 bits per heavy atom. The molecular weight excluding hydrogens is 248 g/mol. The average Bonchev–Trinajstić information content (AvgIpc) is 2.35. The van der Waals surface area contributed by atoms with E-state index >= 15 is 0 Å². The van der Waals surface area contributed by atoms with Crippen LogP contribution in [0.25, 0.3) is 0 Å². The monoisotopic (exact) mass is 268 g/mol. The summed E-state index contributed by atoms with van der Waals surface area (Å²) in [5, 5.41) is 14.1. The number of rotatable bonds is 6. The number of nitro groups is 1. The summed E-state index contributed by atoms with van der Waals surface area (Å²) >= 11 is 0. The van der Waals surface area contributed by atoms with Crippen molar-refractivity contribution in [3.63, 3.8) is 0 Å². The largest absolute Gasteiger partial charge is 0.476 e. The summed E-state index contributed by atoms with van der Waals surface area (Å²) in [6, 6.07) is 0. The molecule has 0 amide bonds. The van der Waals surface area contributed by atoms with Crippen LogP contribution in [0.3, 0.4) is 0 Å². The van der Waals surface area contributed by atoms with Crippen molar-refractivity contribution >= 4 is 11.5 Å². The number of ether oxygens (including phenoxy) is 1. The minimum atomic E-state index is -0.538. The standard InChI is InChI=1S/C12H20N4O3/c1-8(2)12(3,4)6-13-10-9(16(17)18)11(19-5)15-7-14-10/h7-8H,6H2,1-5H3,(H,13,14,15). The molecule has 1 rings (SSSR count). The predicted octanol–water partition coefficient (Wildman–Crippen LogP) is 2.49. The summed E-state index contributed by atoms with van der Waals surface area (Å²) in [5.74, 6) is 0.582. The highest BCUT2D eigenvalue weighted by Gasteiger charge is 2.27. The first kappa shape index (κ1) is 15.1. The van der Waals surface area contributed by atoms with Crippen molar-refractivity contribution in [3.05, 3.63) is 16.4 Å². The normalized spacial score (nSPS) is 11.5. The number of nitrogens with zero attached hydrogens (tertiary/aromatic N) is 3. The van der Waals surface area contributed by atoms with Gasteiger partial charge < -0.3 is 10.1 Å². The molecule has 7 heteroatoms. The van der Waals surface area contributed by atoms with E-state index < -0.39 is 4.92 Å². The Morgan fingerprint density at radius 3 is 2.58 bits per heavy atom. The molecule has 0 unspecified atom stereocenters. The summed E-state index contributed by atoms with van der Waals surface area (Å²) in [6.45, 7) is 8.98. The van der Waals surface area contributed by atoms with E-state index in [-0.39, 0.29) is 22.8 Å². The smallest absolute Gasteiger partial charge is 0.372 e. The molecule has 0 saturated heterocycles. The van der Waals surface area contributed by atoms with E-state index in [1.165, 1.54) is 13.4 Å². The van der Waals surface area contributed by atoms with Crippen LogP contribution in [0.5, 0.6) is 5.88 Å². The van der Waals surface area contributed by atoms with Crippen molar-refractivity contribution in [2.24, 2.45) is 11.3 Å². The third-order valence-corrected chi connectivity index (χ3v) is 3.44. The fourth-order valence-corrected chi connectivity index (χ4v) is 1.32. The minimum absolute atomic E-state index is 0.00788. The van der Waals surface area contributed by atoms with Crippen molar-refractivity contribution in [1.29, 1.82) is 0 Å². The third kappa shape index (κ3) is 3.52. The highest BCUT2D eigenvalue weighted by molar-refractivity contribution is 5.61. The van der Waals surface area contributed by atoms with Crippen LogP contribution < -0.4 is 10.1 Å². The third-order valence-electron chi connectivity index (χ3n) is 3.44. The molecule has 0 spiro atoms. The fourth-order valence-electron chi connectivity index (χ4n) is 1.32. The van der Waals surface area contributed by atoms with Crippen LogP contribution >= 0.6 is 0 Å². The van der Waals surface area contributed by atoms with Gasteiger partial charge >= 0.3 is 5.69 Å². The summed E-state index contributed by atoms with van der Waals surface area (Å²) in [5.41, 5.74) is -0.240. The first-order valence-electron chi connectivity index (χ1n) is 6.07. The number of hydrogen-bond acceptors (Lipinski definition) is 6. The van der Waals surface area contributed by atoms with Gasteiger partial charge in [0.05, 0.1) is 12.0 Å². The lowest BCUT2D eigenvalue weighted by Gasteiger charge is -2.29. The van der Waals surface area contributed by atoms with Gasteiger partial charge in [-0.3, -0.25) is 10.1 Å². The Hall–Kier alpha value is -1.92. The van der Waals surface area contributed by atoms with Gasteiger partial charge in [0.25, 0.3) is 5.88 Å². The van der Waals surface area contributed by atoms with Crippen LogP contribution in [-0.4, -0.2) is 28.5 Å². The molecule has 0 bridgehead atoms. The fraction of sp³-hybridized carbons (Fsp3) is 0.667. The van der Waals surface area contributed by atoms with E-state index in [1.54, 1.807) is 0 Å². The number of methoxy groups -OCH3 is 1. The van der Waals surface area contributed by atoms with Crippen LogP contribution in [0.1, 0.15) is 27.7 Å². The molecule has 0 saturated carbocycles. The zero-order valence-corrected chi connectivity index (χ0v) is 11.9. The van der Waals surface area contributed by atoms with Crippen LogP contribution in [0, 0.1) is 21.4 Å². The first-order valence-corrected chi connectivity index (χ1v) is 6.07. The van der Waals surface area contributed by atoms with E-state index in [4.69, 9.17) is 4.74 Å². The van der Waals surface area contributed by atoms with Gasteiger partial charge in [0.15, 0.2) is 0 Å². The molecule has 0 aliphatic heterocycles. The van der Waals surface area contributed by atoms with E-state index in [0.29, 0.717) is 12.5 Å². The Kier molecular flexibility index (Phi) is 4.63. The van der Waals surface area contributed by atoms with Crippen molar-refractivity contribution in [1.82, 2.24) is 9.97 Å². The lowest BCUT2D eigenvalue weighted by atomic mass is 9.81. The van der Waals surface area contributed by atoms with Gasteiger partial charge in [-0.25, -0.2) is 4.98 Å². The van der Waals surface area contributed by atoms with Gasteiger partial charge in [-0.15, -0.1) is 0 Å². The van der Waals surface area contributed by atoms with Gasteiger partial charge in [-0.1, -0.05) is 27.7 Å². The summed E-state index contributed by atoms with van der Waals surface area (Å²) in [4.78, 5) is 18.2. The van der Waals surface area contributed by atoms with Crippen LogP contribution in [-0.2, 0) is 0 Å². The maximum absolute atomic E-state index is 11.1. The molecule has 106 valence electrons. The zero-order valence-electron chi connectivity index (χ0n) is 11.9. The number of aromatic nitrogens is 2. The molecule has 7 nitrogen and oxygen atoms in total. The Labute approximate surface area is 112 Å². The lowest BCUT2D eigenvalue weighted by Crippen LogP contribution is -2.29. The molecule has 1 N–H and O–H groups in total. The van der Waals surface area contributed by atoms with Crippen molar-refractivity contribution in [2.75, 3.05) is 19.0 Å². The topological polar surface area (TPSA) is 90.2 Å². The minimum Gasteiger partial charge on any atom is -0.476 e. The molecular formula is C12H20N4O3. The quantitative estimate of drug-likeness (QED) is 0.629. The van der Waals surface area contributed by atoms with Gasteiger partial charge in [-0.05, 0) is 11.3 Å². The molecule has 0 fully saturated rings. The Balaban J connectivity index is 2.99. The first-order chi connectivity index (χ1) is 8.79. The molecule has 0 aliphatic carbocycles. The molecule has 19 heavy (non-hydrogen) atoms. The molecule has 0 aliphatic rings. The SMILES string of the molecule is COc1ncnc(NCC(C)(C)C(C)C)c1[N+](=O)[O-]. The van der Waals surface area contributed by atoms with Crippen LogP contribution in [0.2, 0.25) is 0 Å². The molecule has 1 heterocycles. The Bertz CT molecular complexity index is 460. The lowest BCUT2D eigenvalue weighted by molar-refractivity contribution is -0.385. The Morgan fingerprint density at radius 2 is 2.11 bits per heavy atom. The number of anilines is 1. The summed E-state index contributed by atoms with van der Waals surface area (Å²) in [6.07, 6.45) is 1.25. The highest BCUT2D eigenvalue weighted by Crippen LogP contribution is 2.32. The van der Waals surface area contributed by atoms with Crippen LogP contribution in [0.4, 0.5) is 11.5 Å². The molecule has 0 atom stereocenters. The van der Waals surface area contributed by atoms with E-state index in [0.717, 1.165) is 0 Å². The second-order valence-electron chi connectivity index (χ2n) is 5.33. The van der Waals surface area contributed by atoms with E-state index in [9.17, 15) is 10.1 Å². The summed E-state index contributed by atoms with van der Waals surface area (Å²) < 4.78 is 4.89. The highest BCUT2D eigenvalue weighted by atomic mass is 16.6. The van der Waals surface area contributed by atoms with Gasteiger partial charge in [0.2, 0.25) is 5.82 Å². The second-order valence-corrected chi connectivity index (χ2v) is 5.33. The number of nitrogens with one attached hydrogen (secondary N) is 1. The van der Waals surface area contributed by atoms with Crippen LogP contribution in [0.15, 0.2) is 6.33 Å². The zero-order chi connectivity index (χ0) is 14.6. The molecule has 0 aromatic carbocycles. The second kappa shape index (κ2) is 5.81. The maximum atomic E-state index is 11.1. The maximum Gasteiger partial charge on any atom is 0.372 e. The van der Waals surface area contributed by atoms with Crippen molar-refractivity contribution < 1.29 is 9.66 Å². The van der Waals surface area contributed by atoms with E-state index in [2.05, 4.69) is 43.0 Å².